The van der Waals surface area contributed by atoms with E-state index in [1.54, 1.807) is 6.55 Å². The van der Waals surface area contributed by atoms with Crippen molar-refractivity contribution in [3.8, 4) is 0 Å². The summed E-state index contributed by atoms with van der Waals surface area (Å²) in [5.74, 6) is 0. The number of aryl methyl sites for hydroxylation is 1. The molecule has 2 aliphatic carbocycles. The van der Waals surface area contributed by atoms with Crippen molar-refractivity contribution in [3.63, 3.8) is 0 Å². The molecule has 0 bridgehead atoms. The average molecular weight is 458 g/mol. The third-order valence-electron chi connectivity index (χ3n) is 5.00. The molecule has 1 aliphatic heterocycles. The summed E-state index contributed by atoms with van der Waals surface area (Å²) in [6.45, 7) is 4.51. The predicted octanol–water partition coefficient (Wildman–Crippen LogP) is -1.07. The summed E-state index contributed by atoms with van der Waals surface area (Å²) >= 11 is -0.728. The fraction of sp³-hybridized carbons (Fsp3) is 0.136. The SMILES string of the molecule is CC1=C2C(=Nc3ccccc32)c2cc(C)c[c]([Zr+2][C]3=CC=CC3)c21.[Cl-].[Cl-]. The first-order chi connectivity index (χ1) is 11.7. The Kier molecular flexibility index (Phi) is 5.59. The van der Waals surface area contributed by atoms with Crippen LogP contribution in [0.25, 0.3) is 11.1 Å². The molecule has 0 atom stereocenters. The minimum atomic E-state index is -0.728. The summed E-state index contributed by atoms with van der Waals surface area (Å²) in [4.78, 5) is 4.97. The molecule has 0 N–H and O–H groups in total. The van der Waals surface area contributed by atoms with E-state index in [0.717, 1.165) is 12.1 Å². The molecule has 26 heavy (non-hydrogen) atoms. The van der Waals surface area contributed by atoms with Gasteiger partial charge in [0.1, 0.15) is 0 Å². The second-order valence-corrected chi connectivity index (χ2v) is 10.2. The number of rotatable bonds is 2. The van der Waals surface area contributed by atoms with Crippen molar-refractivity contribution in [2.45, 2.75) is 20.3 Å². The van der Waals surface area contributed by atoms with E-state index in [9.17, 15) is 0 Å². The number of aliphatic imine (C=N–C) groups is 1. The monoisotopic (exact) mass is 455 g/mol. The van der Waals surface area contributed by atoms with Crippen LogP contribution in [0, 0.1) is 6.92 Å². The molecule has 2 aromatic carbocycles. The van der Waals surface area contributed by atoms with Crippen LogP contribution in [0.4, 0.5) is 5.69 Å². The predicted molar refractivity (Wildman–Crippen MR) is 97.8 cm³/mol. The number of benzene rings is 2. The fourth-order valence-corrected chi connectivity index (χ4v) is 7.64. The number of fused-ring (bicyclic) bond motifs is 5. The Morgan fingerprint density at radius 2 is 1.81 bits per heavy atom. The molecule has 0 radical (unpaired) electrons. The van der Waals surface area contributed by atoms with Crippen molar-refractivity contribution >= 4 is 25.8 Å². The summed E-state index contributed by atoms with van der Waals surface area (Å²) in [7, 11) is 0. The summed E-state index contributed by atoms with van der Waals surface area (Å²) in [6.07, 6.45) is 8.00. The van der Waals surface area contributed by atoms with Crippen LogP contribution in [-0.2, 0) is 23.2 Å². The Bertz CT molecular complexity index is 1030. The van der Waals surface area contributed by atoms with Crippen LogP contribution in [0.5, 0.6) is 0 Å². The molecule has 2 aromatic rings. The van der Waals surface area contributed by atoms with Crippen LogP contribution >= 0.6 is 0 Å². The van der Waals surface area contributed by atoms with E-state index in [0.29, 0.717) is 0 Å². The molecule has 4 heteroatoms. The van der Waals surface area contributed by atoms with Crippen molar-refractivity contribution in [1.82, 2.24) is 0 Å². The van der Waals surface area contributed by atoms with Gasteiger partial charge in [-0.15, -0.1) is 0 Å². The van der Waals surface area contributed by atoms with Gasteiger partial charge in [-0.2, -0.15) is 0 Å². The molecule has 3 aliphatic rings. The van der Waals surface area contributed by atoms with Crippen LogP contribution in [0.1, 0.15) is 35.6 Å². The molecule has 128 valence electrons. The number of para-hydroxylation sites is 1. The molecule has 0 fully saturated rings. The van der Waals surface area contributed by atoms with Gasteiger partial charge in [-0.25, -0.2) is 0 Å². The Labute approximate surface area is 178 Å². The molecular formula is C22H17Cl2NZr. The van der Waals surface area contributed by atoms with E-state index >= 15 is 0 Å². The van der Waals surface area contributed by atoms with Crippen molar-refractivity contribution in [1.29, 1.82) is 0 Å². The maximum absolute atomic E-state index is 4.97. The molecule has 0 saturated heterocycles. The minimum absolute atomic E-state index is 0. The zero-order valence-electron chi connectivity index (χ0n) is 14.6. The molecule has 0 saturated carbocycles. The smallest absolute Gasteiger partial charge is 1.00 e. The number of hydrogen-bond acceptors (Lipinski definition) is 1. The first-order valence-electron chi connectivity index (χ1n) is 8.40. The van der Waals surface area contributed by atoms with E-state index in [4.69, 9.17) is 4.99 Å². The van der Waals surface area contributed by atoms with Crippen LogP contribution in [0.15, 0.2) is 62.9 Å². The van der Waals surface area contributed by atoms with Gasteiger partial charge in [-0.05, 0) is 0 Å². The summed E-state index contributed by atoms with van der Waals surface area (Å²) in [5, 5.41) is 0. The van der Waals surface area contributed by atoms with E-state index in [2.05, 4.69) is 68.5 Å². The van der Waals surface area contributed by atoms with Crippen molar-refractivity contribution in [2.75, 3.05) is 0 Å². The second-order valence-electron chi connectivity index (χ2n) is 6.66. The average Bonchev–Trinajstić information content (AvgIpc) is 3.25. The van der Waals surface area contributed by atoms with Gasteiger partial charge in [0.25, 0.3) is 0 Å². The number of hydrogen-bond donors (Lipinski definition) is 0. The topological polar surface area (TPSA) is 12.4 Å². The molecule has 0 unspecified atom stereocenters. The standard InChI is InChI=1S/C17H12N.C5H5.2ClH.Zr/c1-10-7-8-12-11(2)16-13-5-3-4-6-15(13)18-17(16)14(12)9-10;1-2-4-5-3-1;;;/h3-7,9H,1-2H3;1-3H,4H2;2*1H;/q;;;;+2/p-2. The number of allylic oxidation sites excluding steroid dienone is 6. The molecule has 1 heterocycles. The van der Waals surface area contributed by atoms with Crippen molar-refractivity contribution in [2.24, 2.45) is 4.99 Å². The Morgan fingerprint density at radius 3 is 2.58 bits per heavy atom. The Morgan fingerprint density at radius 1 is 1.00 bits per heavy atom. The summed E-state index contributed by atoms with van der Waals surface area (Å²) < 4.78 is 3.28. The molecule has 0 aromatic heterocycles. The van der Waals surface area contributed by atoms with Gasteiger partial charge in [0.2, 0.25) is 0 Å². The van der Waals surface area contributed by atoms with Crippen LogP contribution in [0.2, 0.25) is 0 Å². The van der Waals surface area contributed by atoms with Gasteiger partial charge < -0.3 is 24.8 Å². The largest absolute Gasteiger partial charge is 1.00 e. The summed E-state index contributed by atoms with van der Waals surface area (Å²) in [6, 6.07) is 13.3. The van der Waals surface area contributed by atoms with E-state index < -0.39 is 23.2 Å². The second kappa shape index (κ2) is 7.43. The first-order valence-corrected chi connectivity index (χ1v) is 10.9. The zero-order chi connectivity index (χ0) is 16.3. The number of halogens is 2. The van der Waals surface area contributed by atoms with Gasteiger partial charge in [0.15, 0.2) is 0 Å². The van der Waals surface area contributed by atoms with Gasteiger partial charge in [0.05, 0.1) is 0 Å². The van der Waals surface area contributed by atoms with Crippen LogP contribution < -0.4 is 28.1 Å². The van der Waals surface area contributed by atoms with E-state index in [1.807, 2.05) is 0 Å². The first kappa shape index (κ1) is 19.6. The van der Waals surface area contributed by atoms with Gasteiger partial charge in [-0.3, -0.25) is 0 Å². The quantitative estimate of drug-likeness (QED) is 0.545. The third kappa shape index (κ3) is 2.93. The van der Waals surface area contributed by atoms with E-state index in [1.165, 1.54) is 39.1 Å². The molecule has 1 nitrogen and oxygen atoms in total. The van der Waals surface area contributed by atoms with Crippen molar-refractivity contribution < 1.29 is 48.0 Å². The Balaban J connectivity index is 0.000000980. The zero-order valence-corrected chi connectivity index (χ0v) is 18.6. The Hall–Kier alpha value is -1.21. The molecule has 0 spiro atoms. The third-order valence-corrected chi connectivity index (χ3v) is 8.33. The van der Waals surface area contributed by atoms with Gasteiger partial charge >= 0.3 is 154 Å². The normalized spacial score (nSPS) is 15.3. The summed E-state index contributed by atoms with van der Waals surface area (Å²) in [5.41, 5.74) is 10.6. The van der Waals surface area contributed by atoms with Crippen LogP contribution in [0.3, 0.4) is 0 Å². The number of nitrogens with zero attached hydrogens (tertiary/aromatic N) is 1. The van der Waals surface area contributed by atoms with E-state index in [-0.39, 0.29) is 24.8 Å². The maximum atomic E-state index is 4.97. The minimum Gasteiger partial charge on any atom is -1.00 e. The fourth-order valence-electron chi connectivity index (χ4n) is 3.97. The molecular weight excluding hydrogens is 440 g/mol. The maximum Gasteiger partial charge on any atom is -1.00 e. The van der Waals surface area contributed by atoms with Crippen LogP contribution in [-0.4, -0.2) is 5.71 Å². The van der Waals surface area contributed by atoms with Gasteiger partial charge in [-0.1, -0.05) is 0 Å². The van der Waals surface area contributed by atoms with Crippen molar-refractivity contribution in [3.05, 3.63) is 80.2 Å². The molecule has 0 amide bonds. The molecule has 5 rings (SSSR count). The van der Waals surface area contributed by atoms with Gasteiger partial charge in [0, 0.05) is 0 Å².